The number of hydrogen-bond donors (Lipinski definition) is 2. The molecule has 1 atom stereocenters. The third-order valence-corrected chi connectivity index (χ3v) is 7.15. The Morgan fingerprint density at radius 1 is 1.29 bits per heavy atom. The Bertz CT molecular complexity index is 1200. The molecule has 31 heavy (non-hydrogen) atoms. The Labute approximate surface area is 176 Å². The van der Waals surface area contributed by atoms with Gasteiger partial charge in [0.05, 0.1) is 10.9 Å². The second-order valence-corrected chi connectivity index (χ2v) is 10.3. The van der Waals surface area contributed by atoms with Crippen LogP contribution in [-0.4, -0.2) is 34.6 Å². The van der Waals surface area contributed by atoms with Crippen LogP contribution in [-0.2, 0) is 16.6 Å². The van der Waals surface area contributed by atoms with Gasteiger partial charge in [-0.1, -0.05) is 13.8 Å². The molecule has 0 saturated heterocycles. The molecule has 2 aromatic heterocycles. The van der Waals surface area contributed by atoms with Crippen molar-refractivity contribution in [3.05, 3.63) is 42.0 Å². The smallest absolute Gasteiger partial charge is 0.347 e. The molecule has 6 nitrogen and oxygen atoms in total. The Morgan fingerprint density at radius 3 is 2.55 bits per heavy atom. The maximum atomic E-state index is 14.9. The standard InChI is InChI=1S/C20H22F4N4O2S/c1-11(2)9-28-10-15(19(20(22,23)24)27-31(29,30)12-3-4-12)13-7-16(21)14(8-18(13)28)17-5-6-25-26-17/h5-8,10-12,19,27H,3-4,9H2,1-2H3,(H,25,26)/t19-/m0/s1. The number of nitrogens with one attached hydrogen (secondary N) is 2. The molecule has 1 saturated carbocycles. The van der Waals surface area contributed by atoms with Crippen molar-refractivity contribution in [1.29, 1.82) is 0 Å². The molecule has 0 unspecified atom stereocenters. The van der Waals surface area contributed by atoms with Crippen molar-refractivity contribution < 1.29 is 26.0 Å². The highest BCUT2D eigenvalue weighted by atomic mass is 32.2. The predicted molar refractivity (Wildman–Crippen MR) is 108 cm³/mol. The van der Waals surface area contributed by atoms with E-state index in [-0.39, 0.29) is 22.4 Å². The summed E-state index contributed by atoms with van der Waals surface area (Å²) in [4.78, 5) is 0. The molecule has 1 aliphatic rings. The molecule has 11 heteroatoms. The maximum absolute atomic E-state index is 14.9. The number of benzene rings is 1. The summed E-state index contributed by atoms with van der Waals surface area (Å²) >= 11 is 0. The quantitative estimate of drug-likeness (QED) is 0.511. The van der Waals surface area contributed by atoms with Crippen molar-refractivity contribution in [3.63, 3.8) is 0 Å². The van der Waals surface area contributed by atoms with Crippen LogP contribution in [0.4, 0.5) is 17.6 Å². The fourth-order valence-electron chi connectivity index (χ4n) is 3.67. The van der Waals surface area contributed by atoms with Crippen LogP contribution in [0.5, 0.6) is 0 Å². The van der Waals surface area contributed by atoms with E-state index in [0.717, 1.165) is 6.07 Å². The highest BCUT2D eigenvalue weighted by Gasteiger charge is 2.47. The summed E-state index contributed by atoms with van der Waals surface area (Å²) in [5.41, 5.74) is 0.624. The zero-order valence-electron chi connectivity index (χ0n) is 16.9. The number of nitrogens with zero attached hydrogens (tertiary/aromatic N) is 2. The monoisotopic (exact) mass is 458 g/mol. The van der Waals surface area contributed by atoms with Crippen molar-refractivity contribution >= 4 is 20.9 Å². The summed E-state index contributed by atoms with van der Waals surface area (Å²) in [6.07, 6.45) is -1.51. The van der Waals surface area contributed by atoms with Gasteiger partial charge < -0.3 is 4.57 Å². The molecule has 1 fully saturated rings. The van der Waals surface area contributed by atoms with Gasteiger partial charge in [0.25, 0.3) is 0 Å². The molecule has 4 rings (SSSR count). The van der Waals surface area contributed by atoms with Crippen LogP contribution in [0.3, 0.4) is 0 Å². The lowest BCUT2D eigenvalue weighted by atomic mass is 10.0. The summed E-state index contributed by atoms with van der Waals surface area (Å²) in [6.45, 7) is 4.19. The molecule has 0 aliphatic heterocycles. The van der Waals surface area contributed by atoms with E-state index in [9.17, 15) is 26.0 Å². The van der Waals surface area contributed by atoms with Crippen LogP contribution >= 0.6 is 0 Å². The fourth-order valence-corrected chi connectivity index (χ4v) is 5.21. The first-order valence-corrected chi connectivity index (χ1v) is 11.4. The van der Waals surface area contributed by atoms with Crippen molar-refractivity contribution in [1.82, 2.24) is 19.5 Å². The molecule has 1 aromatic carbocycles. The average molecular weight is 458 g/mol. The number of aromatic amines is 1. The number of H-pyrrole nitrogens is 1. The highest BCUT2D eigenvalue weighted by molar-refractivity contribution is 7.90. The van der Waals surface area contributed by atoms with E-state index >= 15 is 0 Å². The van der Waals surface area contributed by atoms with E-state index in [2.05, 4.69) is 10.2 Å². The largest absolute Gasteiger partial charge is 0.408 e. The van der Waals surface area contributed by atoms with Crippen molar-refractivity contribution in [2.24, 2.45) is 5.92 Å². The molecule has 2 heterocycles. The topological polar surface area (TPSA) is 79.8 Å². The third kappa shape index (κ3) is 4.33. The molecular formula is C20H22F4N4O2S. The van der Waals surface area contributed by atoms with Crippen LogP contribution in [0, 0.1) is 11.7 Å². The van der Waals surface area contributed by atoms with Gasteiger partial charge in [0.1, 0.15) is 11.9 Å². The van der Waals surface area contributed by atoms with Gasteiger partial charge in [-0.3, -0.25) is 5.10 Å². The highest BCUT2D eigenvalue weighted by Crippen LogP contribution is 2.41. The predicted octanol–water partition coefficient (Wildman–Crippen LogP) is 4.51. The van der Waals surface area contributed by atoms with Gasteiger partial charge in [0.2, 0.25) is 10.0 Å². The SMILES string of the molecule is CC(C)Cn1cc([C@H](NS(=O)(=O)C2CC2)C(F)(F)F)c2cc(F)c(-c3ccn[nH]3)cc21. The lowest BCUT2D eigenvalue weighted by Gasteiger charge is -2.21. The molecule has 3 aromatic rings. The normalized spacial score (nSPS) is 16.4. The lowest BCUT2D eigenvalue weighted by molar-refractivity contribution is -0.152. The van der Waals surface area contributed by atoms with Crippen LogP contribution in [0.25, 0.3) is 22.2 Å². The first kappa shape index (κ1) is 21.8. The van der Waals surface area contributed by atoms with Gasteiger partial charge in [-0.15, -0.1) is 0 Å². The summed E-state index contributed by atoms with van der Waals surface area (Å²) < 4.78 is 84.9. The minimum atomic E-state index is -4.89. The van der Waals surface area contributed by atoms with Crippen molar-refractivity contribution in [2.75, 3.05) is 0 Å². The molecule has 0 spiro atoms. The number of sulfonamides is 1. The van der Waals surface area contributed by atoms with Crippen LogP contribution < -0.4 is 4.72 Å². The number of halogens is 4. The average Bonchev–Trinajstić information content (AvgIpc) is 3.30. The molecule has 168 valence electrons. The Hall–Kier alpha value is -2.40. The Morgan fingerprint density at radius 2 is 2.00 bits per heavy atom. The van der Waals surface area contributed by atoms with Gasteiger partial charge >= 0.3 is 6.18 Å². The van der Waals surface area contributed by atoms with E-state index in [1.54, 1.807) is 10.6 Å². The van der Waals surface area contributed by atoms with Crippen molar-refractivity contribution in [3.8, 4) is 11.3 Å². The first-order valence-electron chi connectivity index (χ1n) is 9.87. The minimum absolute atomic E-state index is 0.0160. The van der Waals surface area contributed by atoms with E-state index < -0.39 is 33.3 Å². The molecular weight excluding hydrogens is 436 g/mol. The number of hydrogen-bond acceptors (Lipinski definition) is 3. The summed E-state index contributed by atoms with van der Waals surface area (Å²) in [5, 5.41) is 5.65. The number of alkyl halides is 3. The minimum Gasteiger partial charge on any atom is -0.347 e. The van der Waals surface area contributed by atoms with E-state index in [4.69, 9.17) is 0 Å². The molecule has 0 amide bonds. The summed E-state index contributed by atoms with van der Waals surface area (Å²) in [5.74, 6) is -0.636. The van der Waals surface area contributed by atoms with Gasteiger partial charge in [-0.05, 0) is 37.0 Å². The second kappa shape index (κ2) is 7.63. The molecule has 0 radical (unpaired) electrons. The Balaban J connectivity index is 1.90. The number of rotatable bonds is 7. The van der Waals surface area contributed by atoms with Crippen LogP contribution in [0.15, 0.2) is 30.6 Å². The van der Waals surface area contributed by atoms with E-state index in [1.165, 1.54) is 18.5 Å². The fraction of sp³-hybridized carbons (Fsp3) is 0.450. The third-order valence-electron chi connectivity index (χ3n) is 5.24. The second-order valence-electron chi connectivity index (χ2n) is 8.29. The van der Waals surface area contributed by atoms with Crippen molar-refractivity contribution in [2.45, 2.75) is 50.7 Å². The van der Waals surface area contributed by atoms with Gasteiger partial charge in [-0.2, -0.15) is 23.0 Å². The summed E-state index contributed by atoms with van der Waals surface area (Å²) in [6, 6.07) is 1.59. The van der Waals surface area contributed by atoms with Gasteiger partial charge in [-0.25, -0.2) is 12.8 Å². The lowest BCUT2D eigenvalue weighted by Crippen LogP contribution is -2.39. The maximum Gasteiger partial charge on any atom is 0.408 e. The van der Waals surface area contributed by atoms with Crippen LogP contribution in [0.2, 0.25) is 0 Å². The van der Waals surface area contributed by atoms with Gasteiger partial charge in [0, 0.05) is 41.0 Å². The summed E-state index contributed by atoms with van der Waals surface area (Å²) in [7, 11) is -4.14. The van der Waals surface area contributed by atoms with E-state index in [0.29, 0.717) is 30.6 Å². The first-order chi connectivity index (χ1) is 14.5. The molecule has 1 aliphatic carbocycles. The zero-order valence-corrected chi connectivity index (χ0v) is 17.7. The molecule has 2 N–H and O–H groups in total. The van der Waals surface area contributed by atoms with Crippen LogP contribution in [0.1, 0.15) is 38.3 Å². The zero-order chi connectivity index (χ0) is 22.6. The molecule has 0 bridgehead atoms. The number of fused-ring (bicyclic) bond motifs is 1. The van der Waals surface area contributed by atoms with E-state index in [1.807, 2.05) is 18.6 Å². The number of aromatic nitrogens is 3. The van der Waals surface area contributed by atoms with Gasteiger partial charge in [0.15, 0.2) is 0 Å². The Kier molecular flexibility index (Phi) is 5.37.